The second kappa shape index (κ2) is 9.41. The molecule has 2 aromatic carbocycles. The fourth-order valence-electron chi connectivity index (χ4n) is 3.37. The van der Waals surface area contributed by atoms with Gasteiger partial charge in [-0.25, -0.2) is 0 Å². The summed E-state index contributed by atoms with van der Waals surface area (Å²) >= 11 is 0. The van der Waals surface area contributed by atoms with E-state index >= 15 is 0 Å². The number of rotatable bonds is 7. The molecular weight excluding hydrogens is 348 g/mol. The zero-order valence-corrected chi connectivity index (χ0v) is 15.2. The highest BCUT2D eigenvalue weighted by Gasteiger charge is 2.51. The molecule has 146 valence electrons. The van der Waals surface area contributed by atoms with E-state index in [4.69, 9.17) is 14.2 Å². The summed E-state index contributed by atoms with van der Waals surface area (Å²) in [6.07, 6.45) is -6.37. The van der Waals surface area contributed by atoms with E-state index in [0.717, 1.165) is 11.1 Å². The van der Waals surface area contributed by atoms with Gasteiger partial charge in [-0.3, -0.25) is 0 Å². The minimum Gasteiger partial charge on any atom is -0.387 e. The number of hydrogen-bond donors (Lipinski definition) is 3. The van der Waals surface area contributed by atoms with Crippen molar-refractivity contribution in [2.75, 3.05) is 7.11 Å². The topological polar surface area (TPSA) is 88.4 Å². The summed E-state index contributed by atoms with van der Waals surface area (Å²) in [6, 6.07) is 19.0. The van der Waals surface area contributed by atoms with Gasteiger partial charge in [0.25, 0.3) is 0 Å². The van der Waals surface area contributed by atoms with Crippen LogP contribution in [0.3, 0.4) is 0 Å². The van der Waals surface area contributed by atoms with Crippen molar-refractivity contribution < 1.29 is 29.5 Å². The number of methoxy groups -OCH3 is 1. The Morgan fingerprint density at radius 2 is 1.04 bits per heavy atom. The van der Waals surface area contributed by atoms with Crippen molar-refractivity contribution in [1.82, 2.24) is 0 Å². The molecule has 0 heterocycles. The molecule has 0 spiro atoms. The van der Waals surface area contributed by atoms with Crippen molar-refractivity contribution in [2.24, 2.45) is 0 Å². The number of benzene rings is 2. The van der Waals surface area contributed by atoms with Crippen LogP contribution in [0.2, 0.25) is 0 Å². The summed E-state index contributed by atoms with van der Waals surface area (Å²) in [6.45, 7) is 0.470. The average molecular weight is 374 g/mol. The van der Waals surface area contributed by atoms with Gasteiger partial charge in [0.15, 0.2) is 0 Å². The minimum atomic E-state index is -1.28. The van der Waals surface area contributed by atoms with Crippen molar-refractivity contribution in [3.63, 3.8) is 0 Å². The van der Waals surface area contributed by atoms with Crippen LogP contribution in [0, 0.1) is 0 Å². The zero-order chi connectivity index (χ0) is 19.2. The van der Waals surface area contributed by atoms with Crippen molar-refractivity contribution in [1.29, 1.82) is 0 Å². The molecule has 27 heavy (non-hydrogen) atoms. The molecule has 1 aliphatic rings. The SMILES string of the molecule is CO[C@@H]1[C@@H](O)[C@@H](O)[C@H](OCc2ccccc2)[C@H](OCc2ccccc2)[C@H]1O. The normalized spacial score (nSPS) is 31.0. The maximum absolute atomic E-state index is 10.7. The number of hydrogen-bond acceptors (Lipinski definition) is 6. The Labute approximate surface area is 158 Å². The van der Waals surface area contributed by atoms with Crippen LogP contribution in [0.25, 0.3) is 0 Å². The molecule has 1 aliphatic carbocycles. The predicted molar refractivity (Wildman–Crippen MR) is 98.9 cm³/mol. The van der Waals surface area contributed by atoms with Crippen LogP contribution < -0.4 is 0 Å². The fourth-order valence-corrected chi connectivity index (χ4v) is 3.37. The molecule has 6 atom stereocenters. The Kier molecular flexibility index (Phi) is 6.95. The van der Waals surface area contributed by atoms with E-state index < -0.39 is 36.6 Å². The molecule has 0 radical (unpaired) electrons. The smallest absolute Gasteiger partial charge is 0.115 e. The molecule has 6 nitrogen and oxygen atoms in total. The molecule has 0 bridgehead atoms. The molecule has 0 amide bonds. The largest absolute Gasteiger partial charge is 0.387 e. The van der Waals surface area contributed by atoms with E-state index in [2.05, 4.69) is 0 Å². The van der Waals surface area contributed by atoms with Gasteiger partial charge in [-0.2, -0.15) is 0 Å². The lowest BCUT2D eigenvalue weighted by molar-refractivity contribution is -0.256. The lowest BCUT2D eigenvalue weighted by atomic mass is 9.84. The van der Waals surface area contributed by atoms with Crippen molar-refractivity contribution in [2.45, 2.75) is 49.8 Å². The van der Waals surface area contributed by atoms with Crippen LogP contribution in [0.1, 0.15) is 11.1 Å². The van der Waals surface area contributed by atoms with Gasteiger partial charge in [-0.15, -0.1) is 0 Å². The van der Waals surface area contributed by atoms with Gasteiger partial charge in [0.1, 0.15) is 36.6 Å². The summed E-state index contributed by atoms with van der Waals surface area (Å²) in [5, 5.41) is 31.5. The monoisotopic (exact) mass is 374 g/mol. The third-order valence-corrected chi connectivity index (χ3v) is 4.86. The first-order valence-corrected chi connectivity index (χ1v) is 9.00. The van der Waals surface area contributed by atoms with Crippen LogP contribution in [0.15, 0.2) is 60.7 Å². The van der Waals surface area contributed by atoms with Crippen molar-refractivity contribution in [3.05, 3.63) is 71.8 Å². The average Bonchev–Trinajstić information content (AvgIpc) is 2.71. The molecule has 1 saturated carbocycles. The molecule has 3 rings (SSSR count). The second-order valence-corrected chi connectivity index (χ2v) is 6.69. The molecule has 2 aromatic rings. The number of aliphatic hydroxyl groups is 3. The quantitative estimate of drug-likeness (QED) is 0.676. The van der Waals surface area contributed by atoms with Gasteiger partial charge < -0.3 is 29.5 Å². The van der Waals surface area contributed by atoms with E-state index in [-0.39, 0.29) is 13.2 Å². The van der Waals surface area contributed by atoms with Crippen LogP contribution >= 0.6 is 0 Å². The number of ether oxygens (including phenoxy) is 3. The van der Waals surface area contributed by atoms with E-state index in [1.54, 1.807) is 0 Å². The van der Waals surface area contributed by atoms with Gasteiger partial charge in [0.05, 0.1) is 13.2 Å². The maximum Gasteiger partial charge on any atom is 0.115 e. The van der Waals surface area contributed by atoms with Gasteiger partial charge in [0, 0.05) is 7.11 Å². The third-order valence-electron chi connectivity index (χ3n) is 4.86. The lowest BCUT2D eigenvalue weighted by Gasteiger charge is -2.44. The molecule has 3 N–H and O–H groups in total. The highest BCUT2D eigenvalue weighted by molar-refractivity contribution is 5.15. The van der Waals surface area contributed by atoms with Gasteiger partial charge >= 0.3 is 0 Å². The van der Waals surface area contributed by atoms with Gasteiger partial charge in [-0.1, -0.05) is 60.7 Å². The zero-order valence-electron chi connectivity index (χ0n) is 15.2. The van der Waals surface area contributed by atoms with E-state index in [1.165, 1.54) is 7.11 Å². The standard InChI is InChI=1S/C21H26O6/c1-25-19-16(22)17(23)20(26-12-14-8-4-2-5-9-14)21(18(19)24)27-13-15-10-6-3-7-11-15/h2-11,16-24H,12-13H2,1H3/t16-,17+,18-,19+,20-,21+/m0/s1. The van der Waals surface area contributed by atoms with Crippen molar-refractivity contribution >= 4 is 0 Å². The molecule has 6 heteroatoms. The third kappa shape index (κ3) is 4.73. The lowest BCUT2D eigenvalue weighted by Crippen LogP contribution is -2.65. The van der Waals surface area contributed by atoms with Crippen LogP contribution in [-0.4, -0.2) is 59.1 Å². The van der Waals surface area contributed by atoms with Crippen LogP contribution in [0.4, 0.5) is 0 Å². The van der Waals surface area contributed by atoms with E-state index in [1.807, 2.05) is 60.7 Å². The fraction of sp³-hybridized carbons (Fsp3) is 0.429. The highest BCUT2D eigenvalue weighted by atomic mass is 16.6. The van der Waals surface area contributed by atoms with Crippen LogP contribution in [0.5, 0.6) is 0 Å². The molecule has 0 aromatic heterocycles. The summed E-state index contributed by atoms with van der Waals surface area (Å²) in [5.41, 5.74) is 1.85. The van der Waals surface area contributed by atoms with Crippen LogP contribution in [-0.2, 0) is 27.4 Å². The summed E-state index contributed by atoms with van der Waals surface area (Å²) in [4.78, 5) is 0. The Balaban J connectivity index is 1.74. The molecule has 0 aliphatic heterocycles. The molecular formula is C21H26O6. The summed E-state index contributed by atoms with van der Waals surface area (Å²) < 4.78 is 17.0. The van der Waals surface area contributed by atoms with Gasteiger partial charge in [0.2, 0.25) is 0 Å². The predicted octanol–water partition coefficient (Wildman–Crippen LogP) is 1.27. The maximum atomic E-state index is 10.7. The van der Waals surface area contributed by atoms with Crippen molar-refractivity contribution in [3.8, 4) is 0 Å². The Morgan fingerprint density at radius 3 is 1.48 bits per heavy atom. The van der Waals surface area contributed by atoms with E-state index in [9.17, 15) is 15.3 Å². The Hall–Kier alpha value is -1.80. The van der Waals surface area contributed by atoms with Gasteiger partial charge in [-0.05, 0) is 11.1 Å². The number of aliphatic hydroxyl groups excluding tert-OH is 3. The first-order valence-electron chi connectivity index (χ1n) is 9.00. The highest BCUT2D eigenvalue weighted by Crippen LogP contribution is 2.29. The first kappa shape index (κ1) is 19.9. The Bertz CT molecular complexity index is 680. The summed E-state index contributed by atoms with van der Waals surface area (Å²) in [5.74, 6) is 0. The summed E-state index contributed by atoms with van der Waals surface area (Å²) in [7, 11) is 1.38. The first-order chi connectivity index (χ1) is 13.1. The molecule has 0 saturated heterocycles. The second-order valence-electron chi connectivity index (χ2n) is 6.69. The molecule has 1 fully saturated rings. The van der Waals surface area contributed by atoms with E-state index in [0.29, 0.717) is 0 Å². The minimum absolute atomic E-state index is 0.227. The molecule has 0 unspecified atom stereocenters. The Morgan fingerprint density at radius 1 is 0.630 bits per heavy atom.